The Kier molecular flexibility index (Phi) is 4.09. The normalized spacial score (nSPS) is 12.8. The number of rotatable bonds is 3. The molecule has 0 aliphatic rings. The molecule has 3 heterocycles. The standard InChI is InChI=1S/C16H12ClN3O4/c1-8(2)14-10(18-7-23-14)6-12-16(22)19-11(15(21)20-12)5-9-3-4-13(17)24-9/h3-7H,1H2,2H3,(H,19,22)(H,20,21)/b11-5-,12-6-. The summed E-state index contributed by atoms with van der Waals surface area (Å²) in [7, 11) is 0. The first kappa shape index (κ1) is 15.8. The van der Waals surface area contributed by atoms with Crippen LogP contribution in [0.25, 0.3) is 17.7 Å². The van der Waals surface area contributed by atoms with Crippen LogP contribution in [0.15, 0.2) is 43.5 Å². The average molecular weight is 346 g/mol. The third kappa shape index (κ3) is 3.16. The van der Waals surface area contributed by atoms with Gasteiger partial charge in [-0.15, -0.1) is 0 Å². The van der Waals surface area contributed by atoms with Gasteiger partial charge in [0.1, 0.15) is 22.2 Å². The number of oxazole rings is 1. The minimum atomic E-state index is -0.492. The van der Waals surface area contributed by atoms with Crippen LogP contribution < -0.4 is 21.8 Å². The zero-order chi connectivity index (χ0) is 17.3. The van der Waals surface area contributed by atoms with Crippen molar-refractivity contribution in [2.24, 2.45) is 0 Å². The summed E-state index contributed by atoms with van der Waals surface area (Å²) in [5.41, 5.74) is 0.0679. The van der Waals surface area contributed by atoms with E-state index >= 15 is 0 Å². The summed E-state index contributed by atoms with van der Waals surface area (Å²) in [5.74, 6) is 0.787. The van der Waals surface area contributed by atoms with Gasteiger partial charge in [0, 0.05) is 6.08 Å². The molecule has 3 aromatic heterocycles. The van der Waals surface area contributed by atoms with E-state index in [2.05, 4.69) is 21.5 Å². The Labute approximate surface area is 139 Å². The molecule has 0 unspecified atom stereocenters. The van der Waals surface area contributed by atoms with Gasteiger partial charge in [-0.25, -0.2) is 4.98 Å². The maximum absolute atomic E-state index is 12.2. The van der Waals surface area contributed by atoms with Gasteiger partial charge in [0.25, 0.3) is 11.1 Å². The summed E-state index contributed by atoms with van der Waals surface area (Å²) >= 11 is 5.67. The van der Waals surface area contributed by atoms with Crippen LogP contribution in [0.5, 0.6) is 0 Å². The monoisotopic (exact) mass is 345 g/mol. The molecule has 0 aromatic carbocycles. The van der Waals surface area contributed by atoms with Gasteiger partial charge in [-0.1, -0.05) is 6.58 Å². The predicted molar refractivity (Wildman–Crippen MR) is 89.0 cm³/mol. The van der Waals surface area contributed by atoms with Gasteiger partial charge in [-0.05, 0) is 42.3 Å². The third-order valence-electron chi connectivity index (χ3n) is 3.13. The second-order valence-electron chi connectivity index (χ2n) is 5.01. The van der Waals surface area contributed by atoms with Crippen molar-refractivity contribution in [2.75, 3.05) is 0 Å². The minimum Gasteiger partial charge on any atom is -0.445 e. The molecule has 0 spiro atoms. The van der Waals surface area contributed by atoms with Gasteiger partial charge in [-0.3, -0.25) is 9.59 Å². The van der Waals surface area contributed by atoms with Crippen molar-refractivity contribution in [3.63, 3.8) is 0 Å². The Balaban J connectivity index is 2.15. The van der Waals surface area contributed by atoms with E-state index in [0.29, 0.717) is 22.8 Å². The van der Waals surface area contributed by atoms with Crippen LogP contribution in [0, 0.1) is 0 Å². The summed E-state index contributed by atoms with van der Waals surface area (Å²) in [6.45, 7) is 5.51. The van der Waals surface area contributed by atoms with Gasteiger partial charge < -0.3 is 18.8 Å². The van der Waals surface area contributed by atoms with Gasteiger partial charge >= 0.3 is 0 Å². The van der Waals surface area contributed by atoms with Gasteiger partial charge in [0.2, 0.25) is 0 Å². The van der Waals surface area contributed by atoms with Crippen LogP contribution in [-0.2, 0) is 0 Å². The van der Waals surface area contributed by atoms with Gasteiger partial charge in [-0.2, -0.15) is 0 Å². The Morgan fingerprint density at radius 1 is 1.21 bits per heavy atom. The summed E-state index contributed by atoms with van der Waals surface area (Å²) in [4.78, 5) is 33.3. The van der Waals surface area contributed by atoms with Crippen molar-refractivity contribution in [3.8, 4) is 0 Å². The molecular weight excluding hydrogens is 334 g/mol. The molecule has 0 saturated carbocycles. The summed E-state index contributed by atoms with van der Waals surface area (Å²) < 4.78 is 10.3. The van der Waals surface area contributed by atoms with Crippen molar-refractivity contribution in [3.05, 3.63) is 78.9 Å². The van der Waals surface area contributed by atoms with Crippen molar-refractivity contribution < 1.29 is 8.83 Å². The van der Waals surface area contributed by atoms with E-state index < -0.39 is 11.1 Å². The Morgan fingerprint density at radius 2 is 1.88 bits per heavy atom. The van der Waals surface area contributed by atoms with Crippen LogP contribution in [0.1, 0.15) is 24.1 Å². The molecule has 7 nitrogen and oxygen atoms in total. The zero-order valence-electron chi connectivity index (χ0n) is 12.6. The fourth-order valence-electron chi connectivity index (χ4n) is 2.06. The van der Waals surface area contributed by atoms with E-state index in [1.54, 1.807) is 13.0 Å². The highest BCUT2D eigenvalue weighted by molar-refractivity contribution is 6.28. The summed E-state index contributed by atoms with van der Waals surface area (Å²) in [6, 6.07) is 3.11. The molecule has 0 bridgehead atoms. The SMILES string of the molecule is C=C(C)c1ocnc1/C=c1\[nH]c(=O)/c(=C/c2ccc(Cl)o2)[nH]c1=O. The van der Waals surface area contributed by atoms with Crippen molar-refractivity contribution in [2.45, 2.75) is 6.92 Å². The number of aromatic amines is 2. The molecule has 0 fully saturated rings. The van der Waals surface area contributed by atoms with Crippen LogP contribution >= 0.6 is 11.6 Å². The summed E-state index contributed by atoms with van der Waals surface area (Å²) in [5, 5.41) is 0.276. The zero-order valence-corrected chi connectivity index (χ0v) is 13.3. The van der Waals surface area contributed by atoms with Crippen LogP contribution in [0.3, 0.4) is 0 Å². The number of hydrogen-bond acceptors (Lipinski definition) is 5. The topological polar surface area (TPSA) is 105 Å². The maximum Gasteiger partial charge on any atom is 0.272 e. The molecule has 8 heteroatoms. The average Bonchev–Trinajstić information content (AvgIpc) is 3.13. The largest absolute Gasteiger partial charge is 0.445 e. The minimum absolute atomic E-state index is 0.0449. The van der Waals surface area contributed by atoms with Crippen LogP contribution in [-0.4, -0.2) is 15.0 Å². The van der Waals surface area contributed by atoms with E-state index in [4.69, 9.17) is 20.4 Å². The Hall–Kier alpha value is -3.06. The lowest BCUT2D eigenvalue weighted by atomic mass is 10.2. The second kappa shape index (κ2) is 6.21. The van der Waals surface area contributed by atoms with Gasteiger partial charge in [0.05, 0.1) is 0 Å². The Bertz CT molecular complexity index is 1150. The number of allylic oxidation sites excluding steroid dienone is 1. The molecule has 0 atom stereocenters. The van der Waals surface area contributed by atoms with E-state index in [0.717, 1.165) is 0 Å². The molecule has 0 saturated heterocycles. The third-order valence-corrected chi connectivity index (χ3v) is 3.33. The molecule has 0 aliphatic heterocycles. The number of halogens is 1. The fraction of sp³-hybridized carbons (Fsp3) is 0.0625. The highest BCUT2D eigenvalue weighted by Crippen LogP contribution is 2.16. The van der Waals surface area contributed by atoms with E-state index in [1.807, 2.05) is 0 Å². The molecule has 122 valence electrons. The van der Waals surface area contributed by atoms with Crippen molar-refractivity contribution >= 4 is 29.3 Å². The van der Waals surface area contributed by atoms with Crippen molar-refractivity contribution in [1.29, 1.82) is 0 Å². The number of furan rings is 1. The number of aromatic nitrogens is 3. The first-order valence-corrected chi connectivity index (χ1v) is 7.22. The van der Waals surface area contributed by atoms with Crippen LogP contribution in [0.2, 0.25) is 5.22 Å². The molecule has 24 heavy (non-hydrogen) atoms. The van der Waals surface area contributed by atoms with E-state index in [1.165, 1.54) is 24.6 Å². The quantitative estimate of drug-likeness (QED) is 0.736. The highest BCUT2D eigenvalue weighted by atomic mass is 35.5. The Morgan fingerprint density at radius 3 is 2.46 bits per heavy atom. The fourth-order valence-corrected chi connectivity index (χ4v) is 2.21. The lowest BCUT2D eigenvalue weighted by molar-refractivity contribution is 0.544. The van der Waals surface area contributed by atoms with Gasteiger partial charge in [0.15, 0.2) is 17.4 Å². The summed E-state index contributed by atoms with van der Waals surface area (Å²) in [6.07, 6.45) is 4.04. The van der Waals surface area contributed by atoms with Crippen LogP contribution in [0.4, 0.5) is 0 Å². The number of H-pyrrole nitrogens is 2. The molecule has 3 rings (SSSR count). The molecule has 0 aliphatic carbocycles. The number of nitrogens with zero attached hydrogens (tertiary/aromatic N) is 1. The number of hydrogen-bond donors (Lipinski definition) is 2. The molecule has 0 radical (unpaired) electrons. The second-order valence-corrected chi connectivity index (χ2v) is 5.39. The number of nitrogens with one attached hydrogen (secondary N) is 2. The maximum atomic E-state index is 12.2. The smallest absolute Gasteiger partial charge is 0.272 e. The lowest BCUT2D eigenvalue weighted by Crippen LogP contribution is -2.46. The molecule has 2 N–H and O–H groups in total. The molecule has 0 amide bonds. The van der Waals surface area contributed by atoms with E-state index in [9.17, 15) is 9.59 Å². The first-order chi connectivity index (χ1) is 11.4. The molecular formula is C16H12ClN3O4. The van der Waals surface area contributed by atoms with E-state index in [-0.39, 0.29) is 15.9 Å². The lowest BCUT2D eigenvalue weighted by Gasteiger charge is -1.94. The first-order valence-electron chi connectivity index (χ1n) is 6.85. The van der Waals surface area contributed by atoms with Crippen molar-refractivity contribution in [1.82, 2.24) is 15.0 Å². The molecule has 3 aromatic rings. The predicted octanol–water partition coefficient (Wildman–Crippen LogP) is 0.988. The highest BCUT2D eigenvalue weighted by Gasteiger charge is 2.07.